The Kier molecular flexibility index (Phi) is 6.91. The highest BCUT2D eigenvalue weighted by molar-refractivity contribution is 7.81. The molecule has 168 valence electrons. The molecule has 3 aliphatic rings. The minimum absolute atomic E-state index is 0.188. The van der Waals surface area contributed by atoms with E-state index in [-0.39, 0.29) is 12.5 Å². The molecule has 1 unspecified atom stereocenters. The van der Waals surface area contributed by atoms with Crippen LogP contribution < -0.4 is 10.2 Å². The molecule has 2 aliphatic heterocycles. The molecular formula is C23H25ClN4O3S. The third kappa shape index (κ3) is 5.19. The zero-order valence-electron chi connectivity index (χ0n) is 17.6. The molecule has 2 amide bonds. The van der Waals surface area contributed by atoms with E-state index in [4.69, 9.17) is 34.0 Å². The number of likely N-dealkylation sites (tertiary alicyclic amines) is 1. The van der Waals surface area contributed by atoms with Crippen molar-refractivity contribution in [2.75, 3.05) is 31.1 Å². The Labute approximate surface area is 197 Å². The van der Waals surface area contributed by atoms with Gasteiger partial charge in [0.1, 0.15) is 11.9 Å². The van der Waals surface area contributed by atoms with Gasteiger partial charge in [-0.25, -0.2) is 4.79 Å². The topological polar surface area (TPSA) is 85.7 Å². The molecule has 0 spiro atoms. The lowest BCUT2D eigenvalue weighted by molar-refractivity contribution is -0.117. The second-order valence-corrected chi connectivity index (χ2v) is 9.01. The van der Waals surface area contributed by atoms with Gasteiger partial charge >= 0.3 is 6.09 Å². The Bertz CT molecular complexity index is 999. The molecular weight excluding hydrogens is 448 g/mol. The van der Waals surface area contributed by atoms with Gasteiger partial charge in [0, 0.05) is 41.5 Å². The molecule has 0 aromatic heterocycles. The second kappa shape index (κ2) is 9.83. The van der Waals surface area contributed by atoms with E-state index >= 15 is 0 Å². The highest BCUT2D eigenvalue weighted by Crippen LogP contribution is 2.23. The summed E-state index contributed by atoms with van der Waals surface area (Å²) in [6.45, 7) is 2.45. The largest absolute Gasteiger partial charge is 0.442 e. The highest BCUT2D eigenvalue weighted by atomic mass is 35.5. The minimum Gasteiger partial charge on any atom is -0.442 e. The zero-order valence-corrected chi connectivity index (χ0v) is 19.2. The van der Waals surface area contributed by atoms with E-state index in [1.807, 2.05) is 24.3 Å². The summed E-state index contributed by atoms with van der Waals surface area (Å²) in [7, 11) is 0. The average molecular weight is 473 g/mol. The van der Waals surface area contributed by atoms with E-state index in [0.29, 0.717) is 40.7 Å². The van der Waals surface area contributed by atoms with Crippen LogP contribution >= 0.6 is 23.8 Å². The molecule has 1 aromatic rings. The van der Waals surface area contributed by atoms with Crippen molar-refractivity contribution in [1.29, 1.82) is 5.41 Å². The van der Waals surface area contributed by atoms with Crippen LogP contribution in [-0.4, -0.2) is 59.9 Å². The van der Waals surface area contributed by atoms with Gasteiger partial charge in [0.05, 0.1) is 18.7 Å². The first-order valence-corrected chi connectivity index (χ1v) is 11.5. The number of halogens is 1. The summed E-state index contributed by atoms with van der Waals surface area (Å²) in [6, 6.07) is 7.62. The van der Waals surface area contributed by atoms with E-state index in [1.54, 1.807) is 17.1 Å². The van der Waals surface area contributed by atoms with Crippen LogP contribution in [0, 0.1) is 5.41 Å². The normalized spacial score (nSPS) is 20.7. The van der Waals surface area contributed by atoms with Crippen LogP contribution in [0.3, 0.4) is 0 Å². The lowest BCUT2D eigenvalue weighted by Crippen LogP contribution is -2.36. The monoisotopic (exact) mass is 472 g/mol. The van der Waals surface area contributed by atoms with Crippen molar-refractivity contribution < 1.29 is 14.3 Å². The van der Waals surface area contributed by atoms with Crippen molar-refractivity contribution >= 4 is 52.2 Å². The van der Waals surface area contributed by atoms with Crippen molar-refractivity contribution in [2.45, 2.75) is 31.8 Å². The predicted octanol–water partition coefficient (Wildman–Crippen LogP) is 3.57. The number of carbonyl (C=O) groups excluding carboxylic acids is 2. The maximum atomic E-state index is 12.4. The molecule has 7 nitrogen and oxygen atoms in total. The van der Waals surface area contributed by atoms with Crippen LogP contribution in [0.1, 0.15) is 24.8 Å². The molecule has 2 N–H and O–H groups in total. The van der Waals surface area contributed by atoms with Crippen LogP contribution in [0.4, 0.5) is 10.5 Å². The Morgan fingerprint density at radius 1 is 1.25 bits per heavy atom. The van der Waals surface area contributed by atoms with Gasteiger partial charge in [-0.1, -0.05) is 42.0 Å². The quantitative estimate of drug-likeness (QED) is 0.375. The molecule has 2 saturated heterocycles. The fourth-order valence-electron chi connectivity index (χ4n) is 4.00. The van der Waals surface area contributed by atoms with Gasteiger partial charge in [0.25, 0.3) is 5.91 Å². The summed E-state index contributed by atoms with van der Waals surface area (Å²) in [5.41, 5.74) is 2.14. The Hall–Kier alpha value is -2.71. The van der Waals surface area contributed by atoms with Gasteiger partial charge in [-0.2, -0.15) is 0 Å². The summed E-state index contributed by atoms with van der Waals surface area (Å²) in [6.07, 6.45) is 5.75. The number of hydrogen-bond donors (Lipinski definition) is 2. The second-order valence-electron chi connectivity index (χ2n) is 8.08. The standard InChI is InChI=1S/C23H25ClN4O3S/c24-16-5-8-20(32)19(12-16)22(29)26-13-18-14-28(23(30)31-18)17-6-3-15(4-7-17)11-21(25)27-9-1-2-10-27/h3-7,12,18,25H,1-2,8-11,13-14H2,(H,26,29). The van der Waals surface area contributed by atoms with E-state index in [1.165, 1.54) is 0 Å². The number of nitrogens with one attached hydrogen (secondary N) is 2. The molecule has 1 aliphatic carbocycles. The molecule has 0 bridgehead atoms. The maximum absolute atomic E-state index is 12.4. The Morgan fingerprint density at radius 3 is 2.69 bits per heavy atom. The van der Waals surface area contributed by atoms with Crippen molar-refractivity contribution in [3.05, 3.63) is 52.6 Å². The zero-order chi connectivity index (χ0) is 22.7. The van der Waals surface area contributed by atoms with Gasteiger partial charge in [-0.3, -0.25) is 15.1 Å². The smallest absolute Gasteiger partial charge is 0.414 e. The van der Waals surface area contributed by atoms with E-state index in [2.05, 4.69) is 10.2 Å². The number of anilines is 1. The fourth-order valence-corrected chi connectivity index (χ4v) is 4.42. The summed E-state index contributed by atoms with van der Waals surface area (Å²) >= 11 is 11.2. The lowest BCUT2D eigenvalue weighted by Gasteiger charge is -2.19. The molecule has 2 heterocycles. The number of carbonyl (C=O) groups is 2. The van der Waals surface area contributed by atoms with E-state index in [0.717, 1.165) is 37.2 Å². The summed E-state index contributed by atoms with van der Waals surface area (Å²) in [4.78, 5) is 29.0. The predicted molar refractivity (Wildman–Crippen MR) is 129 cm³/mol. The van der Waals surface area contributed by atoms with Crippen LogP contribution in [0.15, 0.2) is 47.0 Å². The maximum Gasteiger partial charge on any atom is 0.414 e. The van der Waals surface area contributed by atoms with E-state index in [9.17, 15) is 9.59 Å². The average Bonchev–Trinajstić information content (AvgIpc) is 3.44. The van der Waals surface area contributed by atoms with Crippen LogP contribution in [0.2, 0.25) is 0 Å². The number of allylic oxidation sites excluding steroid dienone is 3. The Balaban J connectivity index is 1.30. The first kappa shape index (κ1) is 22.5. The molecule has 1 atom stereocenters. The number of amides is 2. The number of thiocarbonyl (C=S) groups is 1. The van der Waals surface area contributed by atoms with Gasteiger partial charge in [-0.15, -0.1) is 0 Å². The molecule has 4 rings (SSSR count). The fraction of sp³-hybridized carbons (Fsp3) is 0.391. The van der Waals surface area contributed by atoms with Crippen LogP contribution in [0.25, 0.3) is 0 Å². The molecule has 0 saturated carbocycles. The number of nitrogens with zero attached hydrogens (tertiary/aromatic N) is 2. The van der Waals surface area contributed by atoms with Gasteiger partial charge in [0.2, 0.25) is 0 Å². The van der Waals surface area contributed by atoms with Crippen molar-refractivity contribution in [3.63, 3.8) is 0 Å². The number of amidine groups is 1. The van der Waals surface area contributed by atoms with Crippen molar-refractivity contribution in [3.8, 4) is 0 Å². The number of cyclic esters (lactones) is 1. The summed E-state index contributed by atoms with van der Waals surface area (Å²) in [5.74, 6) is 0.316. The number of hydrogen-bond acceptors (Lipinski definition) is 5. The van der Waals surface area contributed by atoms with Gasteiger partial charge < -0.3 is 15.0 Å². The van der Waals surface area contributed by atoms with Gasteiger partial charge in [0.15, 0.2) is 0 Å². The Morgan fingerprint density at radius 2 is 1.97 bits per heavy atom. The molecule has 0 radical (unpaired) electrons. The summed E-state index contributed by atoms with van der Waals surface area (Å²) < 4.78 is 5.42. The van der Waals surface area contributed by atoms with Crippen LogP contribution in [0.5, 0.6) is 0 Å². The number of ether oxygens (including phenoxy) is 1. The molecule has 9 heteroatoms. The first-order chi connectivity index (χ1) is 15.4. The third-order valence-electron chi connectivity index (χ3n) is 5.78. The first-order valence-electron chi connectivity index (χ1n) is 10.7. The van der Waals surface area contributed by atoms with Crippen molar-refractivity contribution in [2.24, 2.45) is 0 Å². The molecule has 2 fully saturated rings. The molecule has 32 heavy (non-hydrogen) atoms. The highest BCUT2D eigenvalue weighted by Gasteiger charge is 2.33. The SMILES string of the molecule is N=C(Cc1ccc(N2CC(CNC(=O)C3=CC(Cl)=CCC3=S)OC2=O)cc1)N1CCCC1. The third-order valence-corrected chi connectivity index (χ3v) is 6.43. The number of rotatable bonds is 6. The minimum atomic E-state index is -0.460. The number of benzene rings is 1. The van der Waals surface area contributed by atoms with Crippen molar-refractivity contribution in [1.82, 2.24) is 10.2 Å². The summed E-state index contributed by atoms with van der Waals surface area (Å²) in [5, 5.41) is 11.5. The molecule has 1 aromatic carbocycles. The lowest BCUT2D eigenvalue weighted by atomic mass is 10.0. The van der Waals surface area contributed by atoms with Crippen LogP contribution in [-0.2, 0) is 16.0 Å². The van der Waals surface area contributed by atoms with E-state index < -0.39 is 12.2 Å². The van der Waals surface area contributed by atoms with Gasteiger partial charge in [-0.05, 0) is 36.6 Å².